The lowest BCUT2D eigenvalue weighted by Gasteiger charge is -2.31. The Morgan fingerprint density at radius 2 is 1.94 bits per heavy atom. The van der Waals surface area contributed by atoms with Crippen LogP contribution in [0.3, 0.4) is 0 Å². The number of hydrogen-bond donors (Lipinski definition) is 4. The van der Waals surface area contributed by atoms with Crippen LogP contribution in [0.2, 0.25) is 0 Å². The van der Waals surface area contributed by atoms with Gasteiger partial charge in [0.2, 0.25) is 0 Å². The first-order valence-corrected chi connectivity index (χ1v) is 13.2. The monoisotopic (exact) mass is 490 g/mol. The number of aryl methyl sites for hydroxylation is 1. The Morgan fingerprint density at radius 3 is 2.75 bits per heavy atom. The van der Waals surface area contributed by atoms with Crippen LogP contribution in [-0.4, -0.2) is 50.6 Å². The molecule has 10 nitrogen and oxygen atoms in total. The minimum Gasteiger partial charge on any atom is -0.450 e. The van der Waals surface area contributed by atoms with Gasteiger partial charge in [0.1, 0.15) is 0 Å². The third kappa shape index (κ3) is 5.01. The van der Waals surface area contributed by atoms with Gasteiger partial charge in [0.15, 0.2) is 17.3 Å². The molecule has 0 radical (unpaired) electrons. The van der Waals surface area contributed by atoms with Gasteiger partial charge in [-0.25, -0.2) is 4.79 Å². The maximum absolute atomic E-state index is 12.9. The summed E-state index contributed by atoms with van der Waals surface area (Å²) in [7, 11) is 0. The highest BCUT2D eigenvalue weighted by atomic mass is 16.5. The second kappa shape index (κ2) is 10.4. The number of fused-ring (bicyclic) bond motifs is 2. The molecular weight excluding hydrogens is 456 g/mol. The molecule has 4 heterocycles. The van der Waals surface area contributed by atoms with Crippen molar-refractivity contribution in [3.8, 4) is 11.5 Å². The Hall–Kier alpha value is -3.24. The summed E-state index contributed by atoms with van der Waals surface area (Å²) in [4.78, 5) is 17.3. The molecule has 0 bridgehead atoms. The molecule has 0 unspecified atom stereocenters. The van der Waals surface area contributed by atoms with Crippen molar-refractivity contribution in [2.75, 3.05) is 25.0 Å². The van der Waals surface area contributed by atoms with Gasteiger partial charge in [-0.15, -0.1) is 5.10 Å². The smallest absolute Gasteiger partial charge is 0.350 e. The number of H-pyrrole nitrogens is 1. The molecule has 190 valence electrons. The SMILES string of the molecule is O=c1nc2c(cn1[C@H]1CC[C@H](NCCCc3cnn[nH]3)CC1)Oc1ccc(C3CCNCC3)cc1N2. The third-order valence-electron chi connectivity index (χ3n) is 7.82. The maximum Gasteiger partial charge on any atom is 0.350 e. The van der Waals surface area contributed by atoms with Gasteiger partial charge in [0, 0.05) is 12.1 Å². The Balaban J connectivity index is 1.06. The summed E-state index contributed by atoms with van der Waals surface area (Å²) in [6.45, 7) is 3.07. The van der Waals surface area contributed by atoms with E-state index in [1.165, 1.54) is 5.56 Å². The molecule has 1 aliphatic carbocycles. The number of hydrogen-bond acceptors (Lipinski definition) is 8. The van der Waals surface area contributed by atoms with Crippen LogP contribution in [0, 0.1) is 0 Å². The fourth-order valence-electron chi connectivity index (χ4n) is 5.75. The van der Waals surface area contributed by atoms with Crippen LogP contribution in [0.5, 0.6) is 11.5 Å². The second-order valence-electron chi connectivity index (χ2n) is 10.2. The summed E-state index contributed by atoms with van der Waals surface area (Å²) in [5.41, 5.74) is 3.05. The number of aromatic amines is 1. The average molecular weight is 491 g/mol. The first-order chi connectivity index (χ1) is 17.7. The Kier molecular flexibility index (Phi) is 6.69. The van der Waals surface area contributed by atoms with Crippen LogP contribution in [0.4, 0.5) is 11.5 Å². The van der Waals surface area contributed by atoms with Crippen molar-refractivity contribution >= 4 is 11.5 Å². The highest BCUT2D eigenvalue weighted by Gasteiger charge is 2.27. The van der Waals surface area contributed by atoms with E-state index in [-0.39, 0.29) is 11.7 Å². The van der Waals surface area contributed by atoms with Crippen LogP contribution in [0.15, 0.2) is 35.4 Å². The van der Waals surface area contributed by atoms with E-state index >= 15 is 0 Å². The van der Waals surface area contributed by atoms with Gasteiger partial charge < -0.3 is 20.7 Å². The quantitative estimate of drug-likeness (QED) is 0.291. The number of anilines is 2. The molecular formula is C26H34N8O2. The van der Waals surface area contributed by atoms with Crippen molar-refractivity contribution in [3.05, 3.63) is 52.3 Å². The Bertz CT molecular complexity index is 1230. The van der Waals surface area contributed by atoms with E-state index in [1.807, 2.05) is 12.3 Å². The third-order valence-corrected chi connectivity index (χ3v) is 7.82. The van der Waals surface area contributed by atoms with E-state index in [2.05, 4.69) is 48.5 Å². The lowest BCUT2D eigenvalue weighted by molar-refractivity contribution is 0.282. The summed E-state index contributed by atoms with van der Waals surface area (Å²) in [5.74, 6) is 2.46. The molecule has 10 heteroatoms. The summed E-state index contributed by atoms with van der Waals surface area (Å²) < 4.78 is 7.98. The van der Waals surface area contributed by atoms with Crippen molar-refractivity contribution in [2.45, 2.75) is 69.4 Å². The topological polar surface area (TPSA) is 122 Å². The minimum absolute atomic E-state index is 0.150. The minimum atomic E-state index is -0.215. The first kappa shape index (κ1) is 23.2. The molecule has 36 heavy (non-hydrogen) atoms. The molecule has 2 fully saturated rings. The largest absolute Gasteiger partial charge is 0.450 e. The molecule has 0 spiro atoms. The van der Waals surface area contributed by atoms with Crippen LogP contribution in [-0.2, 0) is 6.42 Å². The van der Waals surface area contributed by atoms with Crippen molar-refractivity contribution in [1.82, 2.24) is 35.6 Å². The van der Waals surface area contributed by atoms with Gasteiger partial charge in [-0.2, -0.15) is 4.98 Å². The van der Waals surface area contributed by atoms with Gasteiger partial charge in [0.25, 0.3) is 0 Å². The van der Waals surface area contributed by atoms with E-state index < -0.39 is 0 Å². The lowest BCUT2D eigenvalue weighted by Crippen LogP contribution is -2.37. The van der Waals surface area contributed by atoms with E-state index in [0.29, 0.717) is 23.5 Å². The van der Waals surface area contributed by atoms with E-state index in [4.69, 9.17) is 4.74 Å². The molecule has 2 aromatic heterocycles. The van der Waals surface area contributed by atoms with Crippen molar-refractivity contribution in [3.63, 3.8) is 0 Å². The van der Waals surface area contributed by atoms with Gasteiger partial charge in [-0.3, -0.25) is 9.67 Å². The number of nitrogens with zero attached hydrogens (tertiary/aromatic N) is 4. The average Bonchev–Trinajstić information content (AvgIpc) is 3.44. The van der Waals surface area contributed by atoms with E-state index in [0.717, 1.165) is 88.1 Å². The summed E-state index contributed by atoms with van der Waals surface area (Å²) in [5, 5.41) is 20.9. The molecule has 2 aliphatic heterocycles. The van der Waals surface area contributed by atoms with Crippen LogP contribution < -0.4 is 26.4 Å². The predicted octanol–water partition coefficient (Wildman–Crippen LogP) is 3.38. The maximum atomic E-state index is 12.9. The van der Waals surface area contributed by atoms with Crippen molar-refractivity contribution in [2.24, 2.45) is 0 Å². The van der Waals surface area contributed by atoms with Gasteiger partial charge in [0.05, 0.1) is 23.8 Å². The highest BCUT2D eigenvalue weighted by molar-refractivity contribution is 5.73. The second-order valence-corrected chi connectivity index (χ2v) is 10.2. The number of rotatable bonds is 7. The van der Waals surface area contributed by atoms with Crippen LogP contribution >= 0.6 is 0 Å². The van der Waals surface area contributed by atoms with Gasteiger partial charge >= 0.3 is 5.69 Å². The summed E-state index contributed by atoms with van der Waals surface area (Å²) >= 11 is 0. The summed E-state index contributed by atoms with van der Waals surface area (Å²) in [6.07, 6.45) is 11.9. The summed E-state index contributed by atoms with van der Waals surface area (Å²) in [6, 6.07) is 7.00. The van der Waals surface area contributed by atoms with Crippen LogP contribution in [0.1, 0.15) is 68.2 Å². The van der Waals surface area contributed by atoms with E-state index in [1.54, 1.807) is 10.8 Å². The molecule has 3 aliphatic rings. The molecule has 3 aromatic rings. The number of piperidine rings is 1. The first-order valence-electron chi connectivity index (χ1n) is 13.2. The van der Waals surface area contributed by atoms with Crippen LogP contribution in [0.25, 0.3) is 0 Å². The number of ether oxygens (including phenoxy) is 1. The molecule has 6 rings (SSSR count). The Labute approximate surface area is 210 Å². The lowest BCUT2D eigenvalue weighted by atomic mass is 9.90. The van der Waals surface area contributed by atoms with Crippen molar-refractivity contribution in [1.29, 1.82) is 0 Å². The number of aromatic nitrogens is 5. The normalized spacial score (nSPS) is 21.8. The fraction of sp³-hybridized carbons (Fsp3) is 0.538. The standard InChI is InChI=1S/C26H34N8O2/c35-26-31-25-24(36-23-8-3-18(14-22(23)30-25)17-9-12-27-13-10-17)16-34(26)21-6-4-19(5-7-21)28-11-1-2-20-15-29-33-32-20/h3,8,14-17,19,21,27-28H,1-2,4-7,9-13H2,(H,29,32,33)(H,30,31,35)/t19-,21-. The van der Waals surface area contributed by atoms with Gasteiger partial charge in [-0.05, 0) is 94.6 Å². The number of benzene rings is 1. The predicted molar refractivity (Wildman–Crippen MR) is 137 cm³/mol. The molecule has 4 N–H and O–H groups in total. The zero-order chi connectivity index (χ0) is 24.3. The number of nitrogens with one attached hydrogen (secondary N) is 4. The molecule has 1 saturated heterocycles. The Morgan fingerprint density at radius 1 is 1.08 bits per heavy atom. The molecule has 1 saturated carbocycles. The van der Waals surface area contributed by atoms with Crippen molar-refractivity contribution < 1.29 is 4.74 Å². The fourth-order valence-corrected chi connectivity index (χ4v) is 5.75. The highest BCUT2D eigenvalue weighted by Crippen LogP contribution is 2.42. The molecule has 0 atom stereocenters. The zero-order valence-electron chi connectivity index (χ0n) is 20.5. The molecule has 0 amide bonds. The molecule has 1 aromatic carbocycles. The zero-order valence-corrected chi connectivity index (χ0v) is 20.5. The van der Waals surface area contributed by atoms with E-state index in [9.17, 15) is 4.79 Å². The van der Waals surface area contributed by atoms with Gasteiger partial charge in [-0.1, -0.05) is 11.3 Å².